The highest BCUT2D eigenvalue weighted by atomic mass is 32.2. The number of ether oxygens (including phenoxy) is 1. The molecule has 6 nitrogen and oxygen atoms in total. The molecule has 1 fully saturated rings. The van der Waals surface area contributed by atoms with Crippen molar-refractivity contribution in [1.82, 2.24) is 4.31 Å². The molecular formula is C19H21FN2O4S. The molecule has 0 aliphatic carbocycles. The molecule has 1 N–H and O–H groups in total. The van der Waals surface area contributed by atoms with Gasteiger partial charge in [-0.1, -0.05) is 0 Å². The van der Waals surface area contributed by atoms with Crippen LogP contribution in [0.4, 0.5) is 10.1 Å². The monoisotopic (exact) mass is 392 g/mol. The summed E-state index contributed by atoms with van der Waals surface area (Å²) in [6, 6.07) is 9.50. The number of carbonyl (C=O) groups excluding carboxylic acids is 1. The van der Waals surface area contributed by atoms with E-state index < -0.39 is 22.0 Å². The first-order chi connectivity index (χ1) is 12.8. The van der Waals surface area contributed by atoms with E-state index in [1.807, 2.05) is 0 Å². The second-order valence-electron chi connectivity index (χ2n) is 6.40. The third-order valence-corrected chi connectivity index (χ3v) is 6.52. The lowest BCUT2D eigenvalue weighted by Crippen LogP contribution is -2.43. The third kappa shape index (κ3) is 3.96. The Morgan fingerprint density at radius 2 is 1.93 bits per heavy atom. The van der Waals surface area contributed by atoms with Gasteiger partial charge in [0.25, 0.3) is 0 Å². The number of nitrogens with zero attached hydrogens (tertiary/aromatic N) is 1. The van der Waals surface area contributed by atoms with Gasteiger partial charge < -0.3 is 10.1 Å². The van der Waals surface area contributed by atoms with E-state index in [4.69, 9.17) is 4.74 Å². The molecule has 27 heavy (non-hydrogen) atoms. The van der Waals surface area contributed by atoms with Crippen LogP contribution in [0.15, 0.2) is 47.4 Å². The van der Waals surface area contributed by atoms with Gasteiger partial charge in [0.2, 0.25) is 15.9 Å². The lowest BCUT2D eigenvalue weighted by Gasteiger charge is -2.23. The van der Waals surface area contributed by atoms with Gasteiger partial charge >= 0.3 is 0 Å². The molecule has 144 valence electrons. The molecule has 2 aromatic carbocycles. The minimum absolute atomic E-state index is 0.112. The number of nitrogens with one attached hydrogen (secondary N) is 1. The Labute approximate surface area is 158 Å². The number of carbonyl (C=O) groups is 1. The molecule has 1 saturated heterocycles. The average molecular weight is 392 g/mol. The van der Waals surface area contributed by atoms with Gasteiger partial charge in [0.15, 0.2) is 0 Å². The van der Waals surface area contributed by atoms with Crippen molar-refractivity contribution in [3.63, 3.8) is 0 Å². The first kappa shape index (κ1) is 19.3. The summed E-state index contributed by atoms with van der Waals surface area (Å²) in [5.41, 5.74) is 0.842. The number of hydrogen-bond donors (Lipinski definition) is 1. The predicted octanol–water partition coefficient (Wildman–Crippen LogP) is 2.93. The summed E-state index contributed by atoms with van der Waals surface area (Å²) >= 11 is 0. The highest BCUT2D eigenvalue weighted by molar-refractivity contribution is 7.89. The first-order valence-corrected chi connectivity index (χ1v) is 10.00. The molecule has 1 aliphatic rings. The Kier molecular flexibility index (Phi) is 5.48. The summed E-state index contributed by atoms with van der Waals surface area (Å²) in [5.74, 6) is -0.232. The molecular weight excluding hydrogens is 371 g/mol. The van der Waals surface area contributed by atoms with Gasteiger partial charge in [0, 0.05) is 12.2 Å². The fraction of sp³-hybridized carbons (Fsp3) is 0.316. The second-order valence-corrected chi connectivity index (χ2v) is 8.29. The minimum Gasteiger partial charge on any atom is -0.497 e. The van der Waals surface area contributed by atoms with Crippen LogP contribution >= 0.6 is 0 Å². The second kappa shape index (κ2) is 7.66. The number of rotatable bonds is 5. The van der Waals surface area contributed by atoms with Crippen molar-refractivity contribution in [2.75, 3.05) is 19.0 Å². The zero-order chi connectivity index (χ0) is 19.6. The Bertz CT molecular complexity index is 945. The fourth-order valence-corrected chi connectivity index (χ4v) is 4.78. The van der Waals surface area contributed by atoms with Crippen LogP contribution in [0.3, 0.4) is 0 Å². The summed E-state index contributed by atoms with van der Waals surface area (Å²) in [7, 11) is -2.31. The van der Waals surface area contributed by atoms with Crippen molar-refractivity contribution in [1.29, 1.82) is 0 Å². The minimum atomic E-state index is -3.81. The number of methoxy groups -OCH3 is 1. The van der Waals surface area contributed by atoms with Gasteiger partial charge in [-0.2, -0.15) is 4.31 Å². The highest BCUT2D eigenvalue weighted by Crippen LogP contribution is 2.28. The van der Waals surface area contributed by atoms with Crippen LogP contribution in [-0.4, -0.2) is 38.3 Å². The van der Waals surface area contributed by atoms with Crippen LogP contribution < -0.4 is 10.1 Å². The number of amides is 1. The van der Waals surface area contributed by atoms with E-state index in [0.29, 0.717) is 29.8 Å². The Balaban J connectivity index is 1.80. The maximum absolute atomic E-state index is 13.4. The molecule has 0 saturated carbocycles. The number of halogens is 1. The smallest absolute Gasteiger partial charge is 0.243 e. The largest absolute Gasteiger partial charge is 0.497 e. The zero-order valence-electron chi connectivity index (χ0n) is 15.1. The van der Waals surface area contributed by atoms with E-state index in [2.05, 4.69) is 5.32 Å². The van der Waals surface area contributed by atoms with Gasteiger partial charge in [0.05, 0.1) is 12.0 Å². The van der Waals surface area contributed by atoms with Crippen molar-refractivity contribution in [2.24, 2.45) is 0 Å². The van der Waals surface area contributed by atoms with E-state index >= 15 is 0 Å². The summed E-state index contributed by atoms with van der Waals surface area (Å²) in [5, 5.41) is 2.69. The van der Waals surface area contributed by atoms with Crippen molar-refractivity contribution in [3.05, 3.63) is 53.8 Å². The molecule has 0 bridgehead atoms. The van der Waals surface area contributed by atoms with Gasteiger partial charge in [0.1, 0.15) is 17.6 Å². The standard InChI is InChI=1S/C19H21FN2O4S/c1-13-12-14(5-10-17(13)20)21-19(23)18-4-3-11-22(18)27(24,25)16-8-6-15(26-2)7-9-16/h5-10,12,18H,3-4,11H2,1-2H3,(H,21,23)/t18-/m0/s1. The maximum Gasteiger partial charge on any atom is 0.243 e. The van der Waals surface area contributed by atoms with Gasteiger partial charge in [-0.25, -0.2) is 12.8 Å². The SMILES string of the molecule is COc1ccc(S(=O)(=O)N2CCC[C@H]2C(=O)Nc2ccc(F)c(C)c2)cc1. The van der Waals surface area contributed by atoms with Crippen LogP contribution in [0.5, 0.6) is 5.75 Å². The van der Waals surface area contributed by atoms with Crippen molar-refractivity contribution in [2.45, 2.75) is 30.7 Å². The molecule has 0 aromatic heterocycles. The third-order valence-electron chi connectivity index (χ3n) is 4.60. The summed E-state index contributed by atoms with van der Waals surface area (Å²) in [6.07, 6.45) is 1.03. The first-order valence-electron chi connectivity index (χ1n) is 8.56. The topological polar surface area (TPSA) is 75.7 Å². The van der Waals surface area contributed by atoms with Gasteiger partial charge in [-0.05, 0) is 67.8 Å². The Hall–Kier alpha value is -2.45. The molecule has 3 rings (SSSR count). The number of benzene rings is 2. The molecule has 0 unspecified atom stereocenters. The van der Waals surface area contributed by atoms with Crippen LogP contribution in [0.25, 0.3) is 0 Å². The van der Waals surface area contributed by atoms with Crippen LogP contribution in [0.1, 0.15) is 18.4 Å². The lowest BCUT2D eigenvalue weighted by molar-refractivity contribution is -0.119. The van der Waals surface area contributed by atoms with E-state index in [1.165, 1.54) is 41.7 Å². The van der Waals surface area contributed by atoms with E-state index in [0.717, 1.165) is 0 Å². The van der Waals surface area contributed by atoms with Crippen LogP contribution in [-0.2, 0) is 14.8 Å². The molecule has 0 spiro atoms. The predicted molar refractivity (Wildman–Crippen MR) is 99.7 cm³/mol. The van der Waals surface area contributed by atoms with Gasteiger partial charge in [-0.3, -0.25) is 4.79 Å². The number of aryl methyl sites for hydroxylation is 1. The molecule has 8 heteroatoms. The molecule has 1 atom stereocenters. The van der Waals surface area contributed by atoms with Crippen molar-refractivity contribution < 1.29 is 22.3 Å². The van der Waals surface area contributed by atoms with Crippen LogP contribution in [0.2, 0.25) is 0 Å². The fourth-order valence-electron chi connectivity index (χ4n) is 3.12. The van der Waals surface area contributed by atoms with Gasteiger partial charge in [-0.15, -0.1) is 0 Å². The molecule has 1 heterocycles. The normalized spacial score (nSPS) is 17.7. The molecule has 2 aromatic rings. The zero-order valence-corrected chi connectivity index (χ0v) is 15.9. The number of anilines is 1. The number of hydrogen-bond acceptors (Lipinski definition) is 4. The van der Waals surface area contributed by atoms with Crippen LogP contribution in [0, 0.1) is 12.7 Å². The Morgan fingerprint density at radius 1 is 1.22 bits per heavy atom. The van der Waals surface area contributed by atoms with E-state index in [-0.39, 0.29) is 17.3 Å². The molecule has 0 radical (unpaired) electrons. The summed E-state index contributed by atoms with van der Waals surface area (Å²) < 4.78 is 45.6. The van der Waals surface area contributed by atoms with E-state index in [1.54, 1.807) is 19.1 Å². The highest BCUT2D eigenvalue weighted by Gasteiger charge is 2.39. The summed E-state index contributed by atoms with van der Waals surface area (Å²) in [6.45, 7) is 1.87. The number of sulfonamides is 1. The quantitative estimate of drug-likeness (QED) is 0.849. The maximum atomic E-state index is 13.4. The average Bonchev–Trinajstić information content (AvgIpc) is 3.16. The summed E-state index contributed by atoms with van der Waals surface area (Å²) in [4.78, 5) is 12.8. The molecule has 1 amide bonds. The van der Waals surface area contributed by atoms with Crippen molar-refractivity contribution in [3.8, 4) is 5.75 Å². The van der Waals surface area contributed by atoms with Crippen molar-refractivity contribution >= 4 is 21.6 Å². The van der Waals surface area contributed by atoms with E-state index in [9.17, 15) is 17.6 Å². The Morgan fingerprint density at radius 3 is 2.56 bits per heavy atom. The lowest BCUT2D eigenvalue weighted by atomic mass is 10.2. The molecule has 1 aliphatic heterocycles.